The van der Waals surface area contributed by atoms with Gasteiger partial charge in [0.25, 0.3) is 0 Å². The minimum atomic E-state index is -4.76. The average Bonchev–Trinajstić information content (AvgIpc) is 3.12. The lowest BCUT2D eigenvalue weighted by molar-refractivity contribution is -0.137. The first-order chi connectivity index (χ1) is 15.2. The molecule has 0 spiro atoms. The highest BCUT2D eigenvalue weighted by Crippen LogP contribution is 2.37. The lowest BCUT2D eigenvalue weighted by atomic mass is 9.99. The van der Waals surface area contributed by atoms with Gasteiger partial charge in [0.2, 0.25) is 5.95 Å². The van der Waals surface area contributed by atoms with Crippen molar-refractivity contribution in [2.45, 2.75) is 31.4 Å². The van der Waals surface area contributed by atoms with E-state index in [2.05, 4.69) is 26.3 Å². The Balaban J connectivity index is 1.53. The molecule has 170 valence electrons. The minimum absolute atomic E-state index is 0.0149. The van der Waals surface area contributed by atoms with Crippen molar-refractivity contribution >= 4 is 23.1 Å². The van der Waals surface area contributed by atoms with Crippen molar-refractivity contribution in [1.82, 2.24) is 9.97 Å². The number of piperidine rings is 1. The van der Waals surface area contributed by atoms with E-state index in [1.807, 2.05) is 12.1 Å². The van der Waals surface area contributed by atoms with Crippen LogP contribution in [0.3, 0.4) is 0 Å². The van der Waals surface area contributed by atoms with Crippen LogP contribution in [0.5, 0.6) is 0 Å². The molecular formula is C21H21F5N6. The monoisotopic (exact) mass is 452 g/mol. The molecule has 32 heavy (non-hydrogen) atoms. The summed E-state index contributed by atoms with van der Waals surface area (Å²) in [6, 6.07) is 9.45. The molecule has 1 N–H and O–H groups in total. The maximum absolute atomic E-state index is 13.6. The number of benzene rings is 1. The summed E-state index contributed by atoms with van der Waals surface area (Å²) in [4.78, 5) is 10.7. The van der Waals surface area contributed by atoms with Crippen LogP contribution in [0.1, 0.15) is 18.4 Å². The van der Waals surface area contributed by atoms with Gasteiger partial charge < -0.3 is 15.1 Å². The average molecular weight is 452 g/mol. The SMILES string of the molecule is N#CC1CCCN(c2ccc(Nc3ncc(C(F)(F)F)c(N4C[C@H](F)[C@@H](F)C4)n3)cc2)C1. The second-order valence-electron chi connectivity index (χ2n) is 7.95. The Labute approximate surface area is 181 Å². The van der Waals surface area contributed by atoms with Crippen molar-refractivity contribution in [3.8, 4) is 6.07 Å². The molecule has 0 amide bonds. The first-order valence-corrected chi connectivity index (χ1v) is 10.2. The van der Waals surface area contributed by atoms with Gasteiger partial charge in [0.1, 0.15) is 11.4 Å². The second kappa shape index (κ2) is 8.76. The number of nitriles is 1. The molecular weight excluding hydrogens is 431 g/mol. The number of aromatic nitrogens is 2. The summed E-state index contributed by atoms with van der Waals surface area (Å²) in [7, 11) is 0. The van der Waals surface area contributed by atoms with E-state index >= 15 is 0 Å². The zero-order chi connectivity index (χ0) is 22.9. The Hall–Kier alpha value is -3.16. The summed E-state index contributed by atoms with van der Waals surface area (Å²) in [5.41, 5.74) is 0.336. The van der Waals surface area contributed by atoms with E-state index in [9.17, 15) is 22.0 Å². The lowest BCUT2D eigenvalue weighted by Gasteiger charge is -2.31. The number of hydrogen-bond acceptors (Lipinski definition) is 6. The van der Waals surface area contributed by atoms with Crippen LogP contribution in [0, 0.1) is 17.2 Å². The Kier molecular flexibility index (Phi) is 6.04. The van der Waals surface area contributed by atoms with Crippen molar-refractivity contribution in [2.75, 3.05) is 41.3 Å². The predicted octanol–water partition coefficient (Wildman–Crippen LogP) is 4.48. The number of anilines is 4. The Morgan fingerprint density at radius 1 is 1.03 bits per heavy atom. The summed E-state index contributed by atoms with van der Waals surface area (Å²) in [6.45, 7) is 0.483. The molecule has 11 heteroatoms. The Bertz CT molecular complexity index is 980. The molecule has 1 unspecified atom stereocenters. The van der Waals surface area contributed by atoms with E-state index in [4.69, 9.17) is 5.26 Å². The first kappa shape index (κ1) is 22.0. The largest absolute Gasteiger partial charge is 0.421 e. The minimum Gasteiger partial charge on any atom is -0.370 e. The van der Waals surface area contributed by atoms with Crippen LogP contribution in [0.2, 0.25) is 0 Å². The molecule has 6 nitrogen and oxygen atoms in total. The quantitative estimate of drug-likeness (QED) is 0.691. The maximum atomic E-state index is 13.6. The standard InChI is InChI=1S/C21H21F5N6/c22-17-11-32(12-18(17)23)19-16(21(24,25)26)9-28-20(30-19)29-14-3-5-15(6-4-14)31-7-1-2-13(8-27)10-31/h3-6,9,13,17-18H,1-2,7,10-12H2,(H,28,29,30)/t13?,17-,18-/m0/s1. The summed E-state index contributed by atoms with van der Waals surface area (Å²) in [5, 5.41) is 12.0. The number of rotatable bonds is 4. The molecule has 3 heterocycles. The number of hydrogen-bond donors (Lipinski definition) is 1. The molecule has 0 bridgehead atoms. The third-order valence-electron chi connectivity index (χ3n) is 5.65. The van der Waals surface area contributed by atoms with Crippen molar-refractivity contribution < 1.29 is 22.0 Å². The van der Waals surface area contributed by atoms with Gasteiger partial charge in [-0.3, -0.25) is 0 Å². The highest BCUT2D eigenvalue weighted by atomic mass is 19.4. The zero-order valence-electron chi connectivity index (χ0n) is 17.0. The van der Waals surface area contributed by atoms with Crippen LogP contribution >= 0.6 is 0 Å². The van der Waals surface area contributed by atoms with E-state index in [1.54, 1.807) is 12.1 Å². The van der Waals surface area contributed by atoms with Crippen LogP contribution in [0.25, 0.3) is 0 Å². The molecule has 0 saturated carbocycles. The number of halogens is 5. The van der Waals surface area contributed by atoms with Gasteiger partial charge in [-0.2, -0.15) is 23.4 Å². The molecule has 2 aromatic rings. The molecule has 2 aliphatic rings. The molecule has 0 aliphatic carbocycles. The van der Waals surface area contributed by atoms with E-state index in [0.29, 0.717) is 18.4 Å². The highest BCUT2D eigenvalue weighted by molar-refractivity contribution is 5.61. The molecule has 2 fully saturated rings. The Morgan fingerprint density at radius 3 is 2.34 bits per heavy atom. The van der Waals surface area contributed by atoms with Gasteiger partial charge in [-0.25, -0.2) is 13.8 Å². The van der Waals surface area contributed by atoms with Crippen LogP contribution < -0.4 is 15.1 Å². The number of nitrogens with one attached hydrogen (secondary N) is 1. The van der Waals surface area contributed by atoms with Gasteiger partial charge >= 0.3 is 6.18 Å². The molecule has 3 atom stereocenters. The number of alkyl halides is 5. The van der Waals surface area contributed by atoms with Crippen molar-refractivity contribution in [3.05, 3.63) is 36.0 Å². The third-order valence-corrected chi connectivity index (χ3v) is 5.65. The van der Waals surface area contributed by atoms with Gasteiger partial charge in [0.15, 0.2) is 12.3 Å². The summed E-state index contributed by atoms with van der Waals surface area (Å²) < 4.78 is 67.3. The van der Waals surface area contributed by atoms with E-state index < -0.39 is 43.0 Å². The molecule has 2 saturated heterocycles. The zero-order valence-corrected chi connectivity index (χ0v) is 17.0. The fraction of sp³-hybridized carbons (Fsp3) is 0.476. The molecule has 1 aromatic heterocycles. The Morgan fingerprint density at radius 2 is 1.72 bits per heavy atom. The summed E-state index contributed by atoms with van der Waals surface area (Å²) >= 11 is 0. The van der Waals surface area contributed by atoms with Gasteiger partial charge in [0.05, 0.1) is 25.1 Å². The maximum Gasteiger partial charge on any atom is 0.421 e. The predicted molar refractivity (Wildman–Crippen MR) is 109 cm³/mol. The van der Waals surface area contributed by atoms with Crippen molar-refractivity contribution in [2.24, 2.45) is 5.92 Å². The van der Waals surface area contributed by atoms with Gasteiger partial charge in [-0.1, -0.05) is 0 Å². The molecule has 4 rings (SSSR count). The lowest BCUT2D eigenvalue weighted by Crippen LogP contribution is -2.34. The van der Waals surface area contributed by atoms with Crippen LogP contribution in [0.15, 0.2) is 30.5 Å². The van der Waals surface area contributed by atoms with E-state index in [-0.39, 0.29) is 11.9 Å². The van der Waals surface area contributed by atoms with Crippen LogP contribution in [-0.4, -0.2) is 48.5 Å². The first-order valence-electron chi connectivity index (χ1n) is 10.2. The van der Waals surface area contributed by atoms with Crippen molar-refractivity contribution in [3.63, 3.8) is 0 Å². The normalized spacial score (nSPS) is 23.8. The smallest absolute Gasteiger partial charge is 0.370 e. The summed E-state index contributed by atoms with van der Waals surface area (Å²) in [5.74, 6) is -0.676. The fourth-order valence-corrected chi connectivity index (χ4v) is 3.97. The topological polar surface area (TPSA) is 68.1 Å². The molecule has 1 aromatic carbocycles. The van der Waals surface area contributed by atoms with Crippen molar-refractivity contribution in [1.29, 1.82) is 5.26 Å². The van der Waals surface area contributed by atoms with Gasteiger partial charge in [-0.05, 0) is 37.1 Å². The number of nitrogens with zero attached hydrogens (tertiary/aromatic N) is 5. The van der Waals surface area contributed by atoms with Gasteiger partial charge in [0, 0.05) is 30.7 Å². The second-order valence-corrected chi connectivity index (χ2v) is 7.95. The van der Waals surface area contributed by atoms with Crippen LogP contribution in [-0.2, 0) is 6.18 Å². The fourth-order valence-electron chi connectivity index (χ4n) is 3.97. The van der Waals surface area contributed by atoms with E-state index in [1.165, 1.54) is 0 Å². The summed E-state index contributed by atoms with van der Waals surface area (Å²) in [6.07, 6.45) is -6.07. The molecule has 0 radical (unpaired) electrons. The highest BCUT2D eigenvalue weighted by Gasteiger charge is 2.41. The third kappa shape index (κ3) is 4.69. The van der Waals surface area contributed by atoms with E-state index in [0.717, 1.165) is 30.0 Å². The molecule has 2 aliphatic heterocycles. The van der Waals surface area contributed by atoms with Gasteiger partial charge in [-0.15, -0.1) is 0 Å². The van der Waals surface area contributed by atoms with Crippen LogP contribution in [0.4, 0.5) is 45.1 Å².